The standard InChI is InChI=1S/C17H19NO3S2/c1-21-8-10-23(20)13-15-3-2-4-16(11-15)18-17(19)6-5-14-7-9-22-12-14/h2-7,9,11-12H,8,10,13H2,1H3,(H,18,19)/b6-5+. The van der Waals surface area contributed by atoms with E-state index in [1.165, 1.54) is 6.08 Å². The van der Waals surface area contributed by atoms with Gasteiger partial charge in [0.1, 0.15) is 0 Å². The first-order valence-corrected chi connectivity index (χ1v) is 9.54. The highest BCUT2D eigenvalue weighted by atomic mass is 32.2. The predicted octanol–water partition coefficient (Wildman–Crippen LogP) is 3.30. The van der Waals surface area contributed by atoms with Crippen LogP contribution in [-0.4, -0.2) is 29.6 Å². The molecule has 1 amide bonds. The van der Waals surface area contributed by atoms with Gasteiger partial charge in [-0.15, -0.1) is 0 Å². The van der Waals surface area contributed by atoms with E-state index >= 15 is 0 Å². The van der Waals surface area contributed by atoms with Crippen molar-refractivity contribution in [2.24, 2.45) is 0 Å². The van der Waals surface area contributed by atoms with Gasteiger partial charge in [0.25, 0.3) is 0 Å². The molecule has 6 heteroatoms. The molecule has 1 aromatic heterocycles. The highest BCUT2D eigenvalue weighted by Crippen LogP contribution is 2.13. The summed E-state index contributed by atoms with van der Waals surface area (Å²) in [7, 11) is 0.628. The molecule has 0 radical (unpaired) electrons. The molecule has 1 heterocycles. The Labute approximate surface area is 142 Å². The molecule has 23 heavy (non-hydrogen) atoms. The van der Waals surface area contributed by atoms with Crippen molar-refractivity contribution in [3.05, 3.63) is 58.3 Å². The monoisotopic (exact) mass is 349 g/mol. The minimum Gasteiger partial charge on any atom is -0.384 e. The van der Waals surface area contributed by atoms with Crippen LogP contribution in [0.4, 0.5) is 5.69 Å². The zero-order valence-electron chi connectivity index (χ0n) is 12.9. The summed E-state index contributed by atoms with van der Waals surface area (Å²) in [4.78, 5) is 11.9. The Hall–Kier alpha value is -1.76. The quantitative estimate of drug-likeness (QED) is 0.744. The molecular weight excluding hydrogens is 330 g/mol. The van der Waals surface area contributed by atoms with Gasteiger partial charge >= 0.3 is 0 Å². The Balaban J connectivity index is 1.91. The van der Waals surface area contributed by atoms with E-state index in [4.69, 9.17) is 4.74 Å². The van der Waals surface area contributed by atoms with Gasteiger partial charge in [-0.2, -0.15) is 11.3 Å². The van der Waals surface area contributed by atoms with Crippen LogP contribution in [0, 0.1) is 0 Å². The molecule has 0 spiro atoms. The van der Waals surface area contributed by atoms with Crippen LogP contribution in [0.15, 0.2) is 47.2 Å². The molecule has 2 rings (SSSR count). The average molecular weight is 349 g/mol. The molecule has 122 valence electrons. The van der Waals surface area contributed by atoms with Gasteiger partial charge in [0, 0.05) is 41.2 Å². The van der Waals surface area contributed by atoms with Crippen molar-refractivity contribution in [1.82, 2.24) is 0 Å². The molecule has 0 fully saturated rings. The largest absolute Gasteiger partial charge is 0.384 e. The van der Waals surface area contributed by atoms with Crippen molar-refractivity contribution in [2.75, 3.05) is 24.8 Å². The Morgan fingerprint density at radius 2 is 2.26 bits per heavy atom. The molecule has 0 bridgehead atoms. The fraction of sp³-hybridized carbons (Fsp3) is 0.235. The van der Waals surface area contributed by atoms with Crippen LogP contribution in [0.5, 0.6) is 0 Å². The maximum Gasteiger partial charge on any atom is 0.248 e. The Kier molecular flexibility index (Phi) is 7.19. The number of amides is 1. The zero-order valence-corrected chi connectivity index (χ0v) is 14.5. The summed E-state index contributed by atoms with van der Waals surface area (Å²) >= 11 is 1.59. The highest BCUT2D eigenvalue weighted by molar-refractivity contribution is 7.84. The van der Waals surface area contributed by atoms with E-state index < -0.39 is 10.8 Å². The second-order valence-electron chi connectivity index (χ2n) is 4.86. The third-order valence-corrected chi connectivity index (χ3v) is 4.99. The van der Waals surface area contributed by atoms with Gasteiger partial charge < -0.3 is 10.1 Å². The second kappa shape index (κ2) is 9.39. The molecule has 2 aromatic rings. The van der Waals surface area contributed by atoms with Gasteiger partial charge in [0.05, 0.1) is 6.61 Å². The maximum absolute atomic E-state index is 11.9. The van der Waals surface area contributed by atoms with Crippen LogP contribution in [0.2, 0.25) is 0 Å². The number of nitrogens with one attached hydrogen (secondary N) is 1. The summed E-state index contributed by atoms with van der Waals surface area (Å²) < 4.78 is 16.8. The SMILES string of the molecule is COCCS(=O)Cc1cccc(NC(=O)/C=C/c2ccsc2)c1. The lowest BCUT2D eigenvalue weighted by Crippen LogP contribution is -2.09. The number of carbonyl (C=O) groups is 1. The molecule has 1 unspecified atom stereocenters. The topological polar surface area (TPSA) is 55.4 Å². The summed E-state index contributed by atoms with van der Waals surface area (Å²) in [6, 6.07) is 9.37. The molecule has 0 aliphatic carbocycles. The van der Waals surface area contributed by atoms with Crippen molar-refractivity contribution in [1.29, 1.82) is 0 Å². The van der Waals surface area contributed by atoms with Gasteiger partial charge in [0.2, 0.25) is 5.91 Å². The van der Waals surface area contributed by atoms with Crippen LogP contribution in [-0.2, 0) is 26.1 Å². The number of anilines is 1. The summed E-state index contributed by atoms with van der Waals surface area (Å²) in [6.45, 7) is 0.483. The Morgan fingerprint density at radius 1 is 1.39 bits per heavy atom. The van der Waals surface area contributed by atoms with Crippen molar-refractivity contribution in [2.45, 2.75) is 5.75 Å². The summed E-state index contributed by atoms with van der Waals surface area (Å²) in [5, 5.41) is 6.75. The lowest BCUT2D eigenvalue weighted by atomic mass is 10.2. The van der Waals surface area contributed by atoms with Crippen LogP contribution >= 0.6 is 11.3 Å². The van der Waals surface area contributed by atoms with E-state index in [9.17, 15) is 9.00 Å². The van der Waals surface area contributed by atoms with Crippen molar-refractivity contribution in [3.63, 3.8) is 0 Å². The van der Waals surface area contributed by atoms with Gasteiger partial charge in [-0.3, -0.25) is 9.00 Å². The number of methoxy groups -OCH3 is 1. The number of hydrogen-bond donors (Lipinski definition) is 1. The van der Waals surface area contributed by atoms with Crippen LogP contribution in [0.3, 0.4) is 0 Å². The first-order valence-electron chi connectivity index (χ1n) is 7.11. The number of hydrogen-bond acceptors (Lipinski definition) is 4. The molecule has 1 aromatic carbocycles. The first kappa shape index (κ1) is 17.6. The smallest absolute Gasteiger partial charge is 0.248 e. The molecular formula is C17H19NO3S2. The van der Waals surface area contributed by atoms with Gasteiger partial charge in [0.15, 0.2) is 0 Å². The number of benzene rings is 1. The number of rotatable bonds is 8. The number of ether oxygens (including phenoxy) is 1. The lowest BCUT2D eigenvalue weighted by Gasteiger charge is -2.06. The van der Waals surface area contributed by atoms with E-state index in [1.54, 1.807) is 24.5 Å². The van der Waals surface area contributed by atoms with E-state index in [0.717, 1.165) is 11.1 Å². The Morgan fingerprint density at radius 3 is 3.00 bits per heavy atom. The molecule has 1 N–H and O–H groups in total. The second-order valence-corrected chi connectivity index (χ2v) is 7.22. The van der Waals surface area contributed by atoms with E-state index in [2.05, 4.69) is 5.32 Å². The first-order chi connectivity index (χ1) is 11.2. The molecule has 0 saturated carbocycles. The fourth-order valence-electron chi connectivity index (χ4n) is 1.90. The van der Waals surface area contributed by atoms with E-state index in [1.807, 2.05) is 41.1 Å². The minimum absolute atomic E-state index is 0.186. The lowest BCUT2D eigenvalue weighted by molar-refractivity contribution is -0.111. The molecule has 0 saturated heterocycles. The molecule has 0 aliphatic rings. The molecule has 1 atom stereocenters. The summed E-state index contributed by atoms with van der Waals surface area (Å²) in [5.41, 5.74) is 2.64. The Bertz CT molecular complexity index is 681. The summed E-state index contributed by atoms with van der Waals surface area (Å²) in [6.07, 6.45) is 3.28. The number of carbonyl (C=O) groups excluding carboxylic acids is 1. The third kappa shape index (κ3) is 6.48. The van der Waals surface area contributed by atoms with Crippen molar-refractivity contribution >= 4 is 39.8 Å². The van der Waals surface area contributed by atoms with Gasteiger partial charge in [-0.1, -0.05) is 12.1 Å². The van der Waals surface area contributed by atoms with Crippen LogP contribution in [0.25, 0.3) is 6.08 Å². The molecule has 0 aliphatic heterocycles. The van der Waals surface area contributed by atoms with Gasteiger partial charge in [-0.25, -0.2) is 0 Å². The van der Waals surface area contributed by atoms with Crippen LogP contribution < -0.4 is 5.32 Å². The van der Waals surface area contributed by atoms with Crippen molar-refractivity contribution < 1.29 is 13.7 Å². The van der Waals surface area contributed by atoms with Crippen molar-refractivity contribution in [3.8, 4) is 0 Å². The third-order valence-electron chi connectivity index (χ3n) is 3.01. The van der Waals surface area contributed by atoms with E-state index in [-0.39, 0.29) is 5.91 Å². The zero-order chi connectivity index (χ0) is 16.5. The predicted molar refractivity (Wildman–Crippen MR) is 97.0 cm³/mol. The van der Waals surface area contributed by atoms with Crippen LogP contribution in [0.1, 0.15) is 11.1 Å². The minimum atomic E-state index is -0.966. The molecule has 4 nitrogen and oxygen atoms in total. The van der Waals surface area contributed by atoms with E-state index in [0.29, 0.717) is 23.8 Å². The van der Waals surface area contributed by atoms with Gasteiger partial charge in [-0.05, 0) is 46.2 Å². The summed E-state index contributed by atoms with van der Waals surface area (Å²) in [5.74, 6) is 0.780. The normalized spacial score (nSPS) is 12.4. The number of thiophene rings is 1. The highest BCUT2D eigenvalue weighted by Gasteiger charge is 2.04. The maximum atomic E-state index is 11.9. The fourth-order valence-corrected chi connectivity index (χ4v) is 3.58. The average Bonchev–Trinajstić information content (AvgIpc) is 3.05.